The van der Waals surface area contributed by atoms with Crippen LogP contribution in [-0.2, 0) is 20.7 Å². The third-order valence-corrected chi connectivity index (χ3v) is 3.51. The van der Waals surface area contributed by atoms with Gasteiger partial charge in [0.15, 0.2) is 0 Å². The van der Waals surface area contributed by atoms with Crippen molar-refractivity contribution in [2.45, 2.75) is 51.8 Å². The molecule has 0 saturated heterocycles. The minimum Gasteiger partial charge on any atom is -0.468 e. The van der Waals surface area contributed by atoms with Crippen molar-refractivity contribution in [3.63, 3.8) is 0 Å². The van der Waals surface area contributed by atoms with Crippen molar-refractivity contribution < 1.29 is 19.1 Å². The van der Waals surface area contributed by atoms with Gasteiger partial charge in [0.05, 0.1) is 18.7 Å². The maximum atomic E-state index is 12.1. The van der Waals surface area contributed by atoms with Crippen LogP contribution in [0.15, 0.2) is 24.3 Å². The van der Waals surface area contributed by atoms with E-state index < -0.39 is 17.7 Å². The van der Waals surface area contributed by atoms with Gasteiger partial charge in [0.1, 0.15) is 11.6 Å². The van der Waals surface area contributed by atoms with E-state index in [1.165, 1.54) is 7.11 Å². The third-order valence-electron chi connectivity index (χ3n) is 3.51. The lowest BCUT2D eigenvalue weighted by Crippen LogP contribution is -2.48. The normalized spacial score (nSPS) is 13.2. The predicted octanol–water partition coefficient (Wildman–Crippen LogP) is 2.15. The molecule has 1 aromatic rings. The van der Waals surface area contributed by atoms with E-state index in [4.69, 9.17) is 14.7 Å². The number of methoxy groups -OCH3 is 1. The van der Waals surface area contributed by atoms with Crippen LogP contribution in [-0.4, -0.2) is 43.4 Å². The Bertz CT molecular complexity index is 644. The van der Waals surface area contributed by atoms with Gasteiger partial charge >= 0.3 is 12.1 Å². The average molecular weight is 361 g/mol. The Labute approximate surface area is 154 Å². The van der Waals surface area contributed by atoms with E-state index in [9.17, 15) is 9.59 Å². The standard InChI is InChI=1S/C19H27N3O4/c1-13(17(23)25-5)21-12-16(22-18(24)26-19(2,3)4)10-14-6-8-15(11-20)9-7-14/h6-9,13,16,21H,10,12H2,1-5H3,(H,22,24)/t13-,16+/m1/s1. The first-order valence-corrected chi connectivity index (χ1v) is 8.44. The number of nitrogens with zero attached hydrogens (tertiary/aromatic N) is 1. The zero-order valence-corrected chi connectivity index (χ0v) is 16.0. The molecule has 2 N–H and O–H groups in total. The summed E-state index contributed by atoms with van der Waals surface area (Å²) >= 11 is 0. The second-order valence-corrected chi connectivity index (χ2v) is 7.01. The number of alkyl carbamates (subject to hydrolysis) is 1. The van der Waals surface area contributed by atoms with Gasteiger partial charge in [-0.15, -0.1) is 0 Å². The number of carbonyl (C=O) groups excluding carboxylic acids is 2. The molecule has 0 bridgehead atoms. The Hall–Kier alpha value is -2.59. The summed E-state index contributed by atoms with van der Waals surface area (Å²) in [4.78, 5) is 23.6. The van der Waals surface area contributed by atoms with Crippen molar-refractivity contribution in [1.82, 2.24) is 10.6 Å². The molecular weight excluding hydrogens is 334 g/mol. The van der Waals surface area contributed by atoms with Crippen molar-refractivity contribution >= 4 is 12.1 Å². The van der Waals surface area contributed by atoms with Gasteiger partial charge in [-0.1, -0.05) is 12.1 Å². The Morgan fingerprint density at radius 2 is 1.85 bits per heavy atom. The number of rotatable bonds is 7. The maximum Gasteiger partial charge on any atom is 0.407 e. The summed E-state index contributed by atoms with van der Waals surface area (Å²) in [6.07, 6.45) is -0.00470. The van der Waals surface area contributed by atoms with Crippen molar-refractivity contribution in [3.05, 3.63) is 35.4 Å². The second kappa shape index (κ2) is 9.78. The maximum absolute atomic E-state index is 12.1. The van der Waals surface area contributed by atoms with Gasteiger partial charge < -0.3 is 20.1 Å². The monoisotopic (exact) mass is 361 g/mol. The fourth-order valence-corrected chi connectivity index (χ4v) is 2.23. The van der Waals surface area contributed by atoms with E-state index in [0.717, 1.165) is 5.56 Å². The number of nitriles is 1. The summed E-state index contributed by atoms with van der Waals surface area (Å²) in [5.41, 5.74) is 0.927. The van der Waals surface area contributed by atoms with Crippen LogP contribution in [0.1, 0.15) is 38.8 Å². The molecule has 7 heteroatoms. The highest BCUT2D eigenvalue weighted by molar-refractivity contribution is 5.75. The summed E-state index contributed by atoms with van der Waals surface area (Å²) in [5, 5.41) is 14.8. The van der Waals surface area contributed by atoms with Crippen molar-refractivity contribution in [2.24, 2.45) is 0 Å². The minimum absolute atomic E-state index is 0.301. The van der Waals surface area contributed by atoms with E-state index >= 15 is 0 Å². The third kappa shape index (κ3) is 7.99. The van der Waals surface area contributed by atoms with Crippen LogP contribution in [0.4, 0.5) is 4.79 Å². The zero-order chi connectivity index (χ0) is 19.7. The number of carbonyl (C=O) groups is 2. The van der Waals surface area contributed by atoms with E-state index in [0.29, 0.717) is 18.5 Å². The van der Waals surface area contributed by atoms with Crippen LogP contribution in [0, 0.1) is 11.3 Å². The van der Waals surface area contributed by atoms with Crippen molar-refractivity contribution in [2.75, 3.05) is 13.7 Å². The molecule has 0 spiro atoms. The van der Waals surface area contributed by atoms with Crippen molar-refractivity contribution in [3.8, 4) is 6.07 Å². The van der Waals surface area contributed by atoms with Crippen LogP contribution in [0.25, 0.3) is 0 Å². The largest absolute Gasteiger partial charge is 0.468 e. The van der Waals surface area contributed by atoms with Gasteiger partial charge in [-0.05, 0) is 51.8 Å². The van der Waals surface area contributed by atoms with Crippen LogP contribution in [0.5, 0.6) is 0 Å². The first-order chi connectivity index (χ1) is 12.1. The molecular formula is C19H27N3O4. The van der Waals surface area contributed by atoms with Gasteiger partial charge in [0.25, 0.3) is 0 Å². The Morgan fingerprint density at radius 1 is 1.23 bits per heavy atom. The highest BCUT2D eigenvalue weighted by atomic mass is 16.6. The number of benzene rings is 1. The molecule has 0 radical (unpaired) electrons. The molecule has 142 valence electrons. The number of nitrogens with one attached hydrogen (secondary N) is 2. The molecule has 1 rings (SSSR count). The number of ether oxygens (including phenoxy) is 2. The van der Waals surface area contributed by atoms with Gasteiger partial charge in [0.2, 0.25) is 0 Å². The molecule has 0 aliphatic rings. The first-order valence-electron chi connectivity index (χ1n) is 8.44. The lowest BCUT2D eigenvalue weighted by molar-refractivity contribution is -0.142. The number of hydrogen-bond donors (Lipinski definition) is 2. The van der Waals surface area contributed by atoms with E-state index in [1.807, 2.05) is 12.1 Å². The fraction of sp³-hybridized carbons (Fsp3) is 0.526. The predicted molar refractivity (Wildman–Crippen MR) is 97.5 cm³/mol. The quantitative estimate of drug-likeness (QED) is 0.722. The molecule has 0 aliphatic heterocycles. The molecule has 1 amide bonds. The number of esters is 1. The van der Waals surface area contributed by atoms with Gasteiger partial charge in [0, 0.05) is 12.6 Å². The molecule has 0 aliphatic carbocycles. The zero-order valence-electron chi connectivity index (χ0n) is 16.0. The summed E-state index contributed by atoms with van der Waals surface area (Å²) in [6.45, 7) is 7.42. The Balaban J connectivity index is 2.77. The average Bonchev–Trinajstić information content (AvgIpc) is 2.57. The molecule has 0 saturated carbocycles. The number of hydrogen-bond acceptors (Lipinski definition) is 6. The molecule has 0 fully saturated rings. The van der Waals surface area contributed by atoms with Crippen LogP contribution in [0.2, 0.25) is 0 Å². The smallest absolute Gasteiger partial charge is 0.407 e. The van der Waals surface area contributed by atoms with Gasteiger partial charge in [-0.25, -0.2) is 4.79 Å². The fourth-order valence-electron chi connectivity index (χ4n) is 2.23. The molecule has 2 atom stereocenters. The SMILES string of the molecule is COC(=O)[C@@H](C)NC[C@H](Cc1ccc(C#N)cc1)NC(=O)OC(C)(C)C. The Kier molecular flexibility index (Phi) is 8.07. The number of amides is 1. The van der Waals surface area contributed by atoms with E-state index in [1.54, 1.807) is 39.8 Å². The topological polar surface area (TPSA) is 100 Å². The minimum atomic E-state index is -0.601. The molecule has 0 heterocycles. The second-order valence-electron chi connectivity index (χ2n) is 7.01. The lowest BCUT2D eigenvalue weighted by atomic mass is 10.0. The van der Waals surface area contributed by atoms with Crippen LogP contribution < -0.4 is 10.6 Å². The molecule has 0 unspecified atom stereocenters. The summed E-state index contributed by atoms with van der Waals surface area (Å²) in [6, 6.07) is 8.41. The molecule has 1 aromatic carbocycles. The summed E-state index contributed by atoms with van der Waals surface area (Å²) in [5.74, 6) is -0.376. The Morgan fingerprint density at radius 3 is 2.35 bits per heavy atom. The highest BCUT2D eigenvalue weighted by Gasteiger charge is 2.21. The van der Waals surface area contributed by atoms with Gasteiger partial charge in [-0.2, -0.15) is 5.26 Å². The van der Waals surface area contributed by atoms with Gasteiger partial charge in [-0.3, -0.25) is 4.79 Å². The van der Waals surface area contributed by atoms with Crippen LogP contribution >= 0.6 is 0 Å². The summed E-state index contributed by atoms with van der Waals surface area (Å²) in [7, 11) is 1.33. The molecule has 26 heavy (non-hydrogen) atoms. The van der Waals surface area contributed by atoms with E-state index in [2.05, 4.69) is 16.7 Å². The first kappa shape index (κ1) is 21.5. The molecule has 0 aromatic heterocycles. The van der Waals surface area contributed by atoms with Crippen LogP contribution in [0.3, 0.4) is 0 Å². The lowest BCUT2D eigenvalue weighted by Gasteiger charge is -2.25. The summed E-state index contributed by atoms with van der Waals surface area (Å²) < 4.78 is 10.00. The van der Waals surface area contributed by atoms with Crippen molar-refractivity contribution in [1.29, 1.82) is 5.26 Å². The molecule has 7 nitrogen and oxygen atoms in total. The highest BCUT2D eigenvalue weighted by Crippen LogP contribution is 2.09. The van der Waals surface area contributed by atoms with E-state index in [-0.39, 0.29) is 12.0 Å².